The van der Waals surface area contributed by atoms with Crippen molar-refractivity contribution < 1.29 is 9.63 Å². The first-order valence-electron chi connectivity index (χ1n) is 7.45. The molecule has 0 aliphatic rings. The normalized spacial score (nSPS) is 10.4. The third-order valence-electron chi connectivity index (χ3n) is 3.45. The number of hydrogen-bond donors (Lipinski definition) is 1. The Labute approximate surface area is 141 Å². The molecule has 2 rings (SSSR count). The molecule has 2 aromatic rings. The summed E-state index contributed by atoms with van der Waals surface area (Å²) in [5.74, 6) is 1.03. The molecule has 0 aliphatic carbocycles. The lowest BCUT2D eigenvalue weighted by Gasteiger charge is -2.14. The number of anilines is 1. The molecule has 23 heavy (non-hydrogen) atoms. The number of hydroxylamine groups is 2. The van der Waals surface area contributed by atoms with E-state index in [4.69, 9.17) is 4.84 Å². The maximum atomic E-state index is 11.7. The summed E-state index contributed by atoms with van der Waals surface area (Å²) in [7, 11) is 3.01. The van der Waals surface area contributed by atoms with Crippen molar-refractivity contribution in [3.8, 4) is 0 Å². The molecule has 0 radical (unpaired) electrons. The zero-order valence-electron chi connectivity index (χ0n) is 13.7. The predicted octanol–water partition coefficient (Wildman–Crippen LogP) is 4.35. The van der Waals surface area contributed by atoms with Gasteiger partial charge in [0.15, 0.2) is 0 Å². The van der Waals surface area contributed by atoms with Crippen LogP contribution >= 0.6 is 11.8 Å². The lowest BCUT2D eigenvalue weighted by atomic mass is 10.1. The summed E-state index contributed by atoms with van der Waals surface area (Å²) < 4.78 is 0. The highest BCUT2D eigenvalue weighted by Gasteiger charge is 2.07. The maximum absolute atomic E-state index is 11.7. The fourth-order valence-electron chi connectivity index (χ4n) is 1.96. The number of benzene rings is 2. The molecule has 2 aromatic carbocycles. The van der Waals surface area contributed by atoms with E-state index in [0.29, 0.717) is 0 Å². The minimum absolute atomic E-state index is 0.299. The minimum Gasteiger partial charge on any atom is -0.306 e. The molecular weight excluding hydrogens is 308 g/mol. The number of hydrogen-bond acceptors (Lipinski definition) is 3. The second-order valence-electron chi connectivity index (χ2n) is 5.22. The van der Waals surface area contributed by atoms with Crippen molar-refractivity contribution in [2.24, 2.45) is 0 Å². The minimum atomic E-state index is -0.299. The van der Waals surface area contributed by atoms with Gasteiger partial charge in [-0.2, -0.15) is 0 Å². The van der Waals surface area contributed by atoms with Crippen LogP contribution in [0.2, 0.25) is 0 Å². The average Bonchev–Trinajstić information content (AvgIpc) is 2.57. The number of rotatable bonds is 6. The first-order valence-corrected chi connectivity index (χ1v) is 8.44. The molecule has 5 heteroatoms. The molecule has 0 aliphatic heterocycles. The van der Waals surface area contributed by atoms with Crippen LogP contribution in [0.3, 0.4) is 0 Å². The fourth-order valence-corrected chi connectivity index (χ4v) is 2.86. The Balaban J connectivity index is 1.80. The van der Waals surface area contributed by atoms with Gasteiger partial charge in [-0.05, 0) is 43.2 Å². The highest BCUT2D eigenvalue weighted by molar-refractivity contribution is 7.99. The number of carbonyl (C=O) groups is 1. The summed E-state index contributed by atoms with van der Waals surface area (Å²) in [5, 5.41) is 3.90. The van der Waals surface area contributed by atoms with E-state index >= 15 is 0 Å². The average molecular weight is 330 g/mol. The number of thioether (sulfide) groups is 1. The number of carbonyl (C=O) groups excluding carboxylic acids is 1. The summed E-state index contributed by atoms with van der Waals surface area (Å²) in [6.07, 6.45) is 1.04. The van der Waals surface area contributed by atoms with Crippen LogP contribution in [0.1, 0.15) is 11.1 Å². The van der Waals surface area contributed by atoms with E-state index in [2.05, 4.69) is 36.5 Å². The van der Waals surface area contributed by atoms with Crippen LogP contribution in [0.5, 0.6) is 0 Å². The monoisotopic (exact) mass is 330 g/mol. The zero-order valence-corrected chi connectivity index (χ0v) is 14.5. The maximum Gasteiger partial charge on any atom is 0.345 e. The van der Waals surface area contributed by atoms with E-state index in [1.807, 2.05) is 36.0 Å². The van der Waals surface area contributed by atoms with Gasteiger partial charge in [0.25, 0.3) is 0 Å². The van der Waals surface area contributed by atoms with Crippen molar-refractivity contribution in [1.82, 2.24) is 5.06 Å². The lowest BCUT2D eigenvalue weighted by Crippen LogP contribution is -2.30. The molecule has 0 bridgehead atoms. The van der Waals surface area contributed by atoms with Crippen molar-refractivity contribution in [3.63, 3.8) is 0 Å². The van der Waals surface area contributed by atoms with Crippen molar-refractivity contribution in [1.29, 1.82) is 0 Å². The summed E-state index contributed by atoms with van der Waals surface area (Å²) in [6, 6.07) is 16.2. The Bertz CT molecular complexity index is 626. The molecule has 0 aromatic heterocycles. The molecular formula is C18H22N2O2S. The molecule has 0 saturated carbocycles. The number of urea groups is 1. The second kappa shape index (κ2) is 8.60. The van der Waals surface area contributed by atoms with E-state index < -0.39 is 0 Å². The Morgan fingerprint density at radius 1 is 1.13 bits per heavy atom. The van der Waals surface area contributed by atoms with Gasteiger partial charge in [-0.25, -0.2) is 9.86 Å². The van der Waals surface area contributed by atoms with Gasteiger partial charge in [-0.3, -0.25) is 4.84 Å². The van der Waals surface area contributed by atoms with Crippen LogP contribution in [0, 0.1) is 6.92 Å². The molecule has 0 atom stereocenters. The number of nitrogens with one attached hydrogen (secondary N) is 1. The van der Waals surface area contributed by atoms with Crippen molar-refractivity contribution >= 4 is 23.5 Å². The molecule has 122 valence electrons. The van der Waals surface area contributed by atoms with Crippen LogP contribution in [-0.2, 0) is 11.3 Å². The molecule has 1 N–H and O–H groups in total. The molecule has 0 saturated heterocycles. The van der Waals surface area contributed by atoms with E-state index in [1.165, 1.54) is 23.1 Å². The van der Waals surface area contributed by atoms with E-state index in [9.17, 15) is 4.79 Å². The first-order chi connectivity index (χ1) is 11.1. The van der Waals surface area contributed by atoms with Crippen LogP contribution < -0.4 is 5.32 Å². The third kappa shape index (κ3) is 5.62. The molecule has 0 heterocycles. The van der Waals surface area contributed by atoms with Crippen molar-refractivity contribution in [2.75, 3.05) is 25.2 Å². The quantitative estimate of drug-likeness (QED) is 0.632. The standard InChI is InChI=1S/C18H22N2O2S/c1-14-4-6-15(7-5-14)12-13-23-17-10-8-16(9-11-17)19-18(21)20(2)22-3/h4-11H,12-13H2,1-3H3,(H,19,21). The van der Waals surface area contributed by atoms with Crippen LogP contribution in [0.25, 0.3) is 0 Å². The number of nitrogens with zero attached hydrogens (tertiary/aromatic N) is 1. The van der Waals surface area contributed by atoms with E-state index in [1.54, 1.807) is 7.05 Å². The first kappa shape index (κ1) is 17.4. The summed E-state index contributed by atoms with van der Waals surface area (Å²) in [5.41, 5.74) is 3.40. The Morgan fingerprint density at radius 2 is 1.78 bits per heavy atom. The predicted molar refractivity (Wildman–Crippen MR) is 95.8 cm³/mol. The zero-order chi connectivity index (χ0) is 16.7. The fraction of sp³-hybridized carbons (Fsp3) is 0.278. The van der Waals surface area contributed by atoms with Gasteiger partial charge < -0.3 is 5.32 Å². The van der Waals surface area contributed by atoms with Crippen LogP contribution in [-0.4, -0.2) is 31.0 Å². The highest BCUT2D eigenvalue weighted by Crippen LogP contribution is 2.21. The summed E-state index contributed by atoms with van der Waals surface area (Å²) in [6.45, 7) is 2.10. The summed E-state index contributed by atoms with van der Waals surface area (Å²) >= 11 is 1.81. The molecule has 0 fully saturated rings. The van der Waals surface area contributed by atoms with Gasteiger partial charge in [0.1, 0.15) is 0 Å². The smallest absolute Gasteiger partial charge is 0.306 e. The van der Waals surface area contributed by atoms with Gasteiger partial charge in [0, 0.05) is 23.4 Å². The van der Waals surface area contributed by atoms with Gasteiger partial charge in [0.05, 0.1) is 7.11 Å². The number of amides is 2. The van der Waals surface area contributed by atoms with Crippen molar-refractivity contribution in [2.45, 2.75) is 18.2 Å². The van der Waals surface area contributed by atoms with E-state index in [-0.39, 0.29) is 6.03 Å². The lowest BCUT2D eigenvalue weighted by molar-refractivity contribution is -0.0598. The molecule has 2 amide bonds. The van der Waals surface area contributed by atoms with Gasteiger partial charge in [-0.1, -0.05) is 29.8 Å². The van der Waals surface area contributed by atoms with Gasteiger partial charge >= 0.3 is 6.03 Å². The Hall–Kier alpha value is -1.98. The summed E-state index contributed by atoms with van der Waals surface area (Å²) in [4.78, 5) is 17.7. The third-order valence-corrected chi connectivity index (χ3v) is 4.46. The highest BCUT2D eigenvalue weighted by atomic mass is 32.2. The largest absolute Gasteiger partial charge is 0.345 e. The topological polar surface area (TPSA) is 41.6 Å². The van der Waals surface area contributed by atoms with Crippen LogP contribution in [0.15, 0.2) is 53.4 Å². The molecule has 0 spiro atoms. The van der Waals surface area contributed by atoms with Gasteiger partial charge in [0.2, 0.25) is 0 Å². The Kier molecular flexibility index (Phi) is 6.50. The van der Waals surface area contributed by atoms with Crippen LogP contribution in [0.4, 0.5) is 10.5 Å². The van der Waals surface area contributed by atoms with Crippen molar-refractivity contribution in [3.05, 3.63) is 59.7 Å². The molecule has 0 unspecified atom stereocenters. The number of aryl methyl sites for hydroxylation is 2. The van der Waals surface area contributed by atoms with E-state index in [0.717, 1.165) is 22.9 Å². The SMILES string of the molecule is CON(C)C(=O)Nc1ccc(SCCc2ccc(C)cc2)cc1. The van der Waals surface area contributed by atoms with Gasteiger partial charge in [-0.15, -0.1) is 11.8 Å². The second-order valence-corrected chi connectivity index (χ2v) is 6.39. The molecule has 4 nitrogen and oxygen atoms in total. The Morgan fingerprint density at radius 3 is 2.39 bits per heavy atom.